The number of carbonyl (C=O) groups is 2. The number of rotatable bonds is 7. The molecule has 1 aromatic carbocycles. The molecule has 2 amide bonds. The highest BCUT2D eigenvalue weighted by atomic mass is 32.2. The monoisotopic (exact) mass is 387 g/mol. The lowest BCUT2D eigenvalue weighted by Gasteiger charge is -2.27. The molecule has 2 aromatic rings. The first-order chi connectivity index (χ1) is 13.0. The molecule has 144 valence electrons. The summed E-state index contributed by atoms with van der Waals surface area (Å²) in [7, 11) is 1.83. The van der Waals surface area contributed by atoms with Gasteiger partial charge in [0.2, 0.25) is 11.8 Å². The van der Waals surface area contributed by atoms with Gasteiger partial charge in [-0.25, -0.2) is 0 Å². The molecule has 1 aliphatic carbocycles. The van der Waals surface area contributed by atoms with Gasteiger partial charge in [0, 0.05) is 19.9 Å². The first-order valence-corrected chi connectivity index (χ1v) is 10.0. The lowest BCUT2D eigenvalue weighted by molar-refractivity contribution is -0.121. The molecule has 3 N–H and O–H groups in total. The van der Waals surface area contributed by atoms with Crippen molar-refractivity contribution in [2.24, 2.45) is 12.8 Å². The zero-order valence-corrected chi connectivity index (χ0v) is 16.5. The Hall–Kier alpha value is -2.35. The minimum absolute atomic E-state index is 0.0108. The summed E-state index contributed by atoms with van der Waals surface area (Å²) in [5.41, 5.74) is 7.73. The summed E-state index contributed by atoms with van der Waals surface area (Å²) in [6.07, 6.45) is 3.78. The molecule has 1 aromatic heterocycles. The molecular formula is C19H25N5O2S. The van der Waals surface area contributed by atoms with E-state index in [-0.39, 0.29) is 29.5 Å². The Morgan fingerprint density at radius 2 is 2.15 bits per heavy atom. The van der Waals surface area contributed by atoms with Crippen molar-refractivity contribution in [3.63, 3.8) is 0 Å². The molecule has 0 bridgehead atoms. The molecule has 0 saturated carbocycles. The molecule has 0 radical (unpaired) electrons. The Balaban J connectivity index is 1.61. The van der Waals surface area contributed by atoms with E-state index in [0.29, 0.717) is 17.4 Å². The molecule has 0 fully saturated rings. The van der Waals surface area contributed by atoms with E-state index in [1.165, 1.54) is 22.9 Å². The summed E-state index contributed by atoms with van der Waals surface area (Å²) in [4.78, 5) is 23.6. The highest BCUT2D eigenvalue weighted by Crippen LogP contribution is 2.30. The molecule has 0 saturated heterocycles. The molecule has 1 heterocycles. The van der Waals surface area contributed by atoms with Crippen LogP contribution in [-0.4, -0.2) is 31.8 Å². The van der Waals surface area contributed by atoms with Gasteiger partial charge in [-0.05, 0) is 37.3 Å². The van der Waals surface area contributed by atoms with E-state index in [1.54, 1.807) is 0 Å². The fraction of sp³-hybridized carbons (Fsp3) is 0.474. The SMILES string of the molecule is C[C@H](Sc1nnc(CCC(N)=O)n1C)C(=O)N[C@H]1CCCc2ccccc21. The third-order valence-corrected chi connectivity index (χ3v) is 5.99. The van der Waals surface area contributed by atoms with Crippen LogP contribution in [0.4, 0.5) is 0 Å². The van der Waals surface area contributed by atoms with Gasteiger partial charge in [-0.2, -0.15) is 0 Å². The number of hydrogen-bond acceptors (Lipinski definition) is 5. The number of fused-ring (bicyclic) bond motifs is 1. The van der Waals surface area contributed by atoms with Gasteiger partial charge in [0.1, 0.15) is 5.82 Å². The number of carbonyl (C=O) groups excluding carboxylic acids is 2. The lowest BCUT2D eigenvalue weighted by Crippen LogP contribution is -2.36. The van der Waals surface area contributed by atoms with Crippen molar-refractivity contribution >= 4 is 23.6 Å². The highest BCUT2D eigenvalue weighted by molar-refractivity contribution is 8.00. The van der Waals surface area contributed by atoms with Crippen LogP contribution in [0.15, 0.2) is 29.4 Å². The van der Waals surface area contributed by atoms with Gasteiger partial charge in [-0.3, -0.25) is 9.59 Å². The maximum atomic E-state index is 12.7. The van der Waals surface area contributed by atoms with Gasteiger partial charge in [0.25, 0.3) is 0 Å². The van der Waals surface area contributed by atoms with Crippen LogP contribution in [0.25, 0.3) is 0 Å². The number of thioether (sulfide) groups is 1. The molecule has 1 aliphatic rings. The van der Waals surface area contributed by atoms with Crippen molar-refractivity contribution in [1.82, 2.24) is 20.1 Å². The van der Waals surface area contributed by atoms with E-state index < -0.39 is 0 Å². The van der Waals surface area contributed by atoms with Gasteiger partial charge in [-0.1, -0.05) is 36.0 Å². The van der Waals surface area contributed by atoms with Crippen LogP contribution in [0, 0.1) is 0 Å². The van der Waals surface area contributed by atoms with Gasteiger partial charge in [-0.15, -0.1) is 10.2 Å². The summed E-state index contributed by atoms with van der Waals surface area (Å²) in [5.74, 6) is 0.307. The first-order valence-electron chi connectivity index (χ1n) is 9.17. The molecule has 0 spiro atoms. The smallest absolute Gasteiger partial charge is 0.233 e. The Bertz CT molecular complexity index is 835. The fourth-order valence-corrected chi connectivity index (χ4v) is 4.15. The Morgan fingerprint density at radius 3 is 2.93 bits per heavy atom. The standard InChI is InChI=1S/C19H25N5O2S/c1-12(27-19-23-22-17(24(19)2)11-10-16(20)25)18(26)21-15-9-5-7-13-6-3-4-8-14(13)15/h3-4,6,8,12,15H,5,7,9-11H2,1-2H3,(H2,20,25)(H,21,26)/t12-,15-/m0/s1. The number of amides is 2. The number of nitrogens with zero attached hydrogens (tertiary/aromatic N) is 3. The Labute approximate surface area is 163 Å². The fourth-order valence-electron chi connectivity index (χ4n) is 3.30. The van der Waals surface area contributed by atoms with E-state index in [1.807, 2.05) is 30.7 Å². The summed E-state index contributed by atoms with van der Waals surface area (Å²) in [6.45, 7) is 1.87. The van der Waals surface area contributed by atoms with Gasteiger partial charge < -0.3 is 15.6 Å². The van der Waals surface area contributed by atoms with Gasteiger partial charge in [0.05, 0.1) is 11.3 Å². The van der Waals surface area contributed by atoms with Crippen molar-refractivity contribution in [2.45, 2.75) is 55.5 Å². The number of aromatic nitrogens is 3. The second kappa shape index (κ2) is 8.56. The molecule has 0 aliphatic heterocycles. The number of hydrogen-bond donors (Lipinski definition) is 2. The zero-order chi connectivity index (χ0) is 19.4. The minimum Gasteiger partial charge on any atom is -0.370 e. The minimum atomic E-state index is -0.368. The third-order valence-electron chi connectivity index (χ3n) is 4.86. The summed E-state index contributed by atoms with van der Waals surface area (Å²) in [6, 6.07) is 8.38. The van der Waals surface area contributed by atoms with Crippen molar-refractivity contribution in [3.8, 4) is 0 Å². The van der Waals surface area contributed by atoms with Crippen molar-refractivity contribution in [1.29, 1.82) is 0 Å². The predicted octanol–water partition coefficient (Wildman–Crippen LogP) is 1.91. The van der Waals surface area contributed by atoms with Crippen LogP contribution >= 0.6 is 11.8 Å². The molecule has 27 heavy (non-hydrogen) atoms. The van der Waals surface area contributed by atoms with Crippen LogP contribution in [0.2, 0.25) is 0 Å². The van der Waals surface area contributed by atoms with Crippen LogP contribution in [0.3, 0.4) is 0 Å². The quantitative estimate of drug-likeness (QED) is 0.707. The highest BCUT2D eigenvalue weighted by Gasteiger charge is 2.25. The van der Waals surface area contributed by atoms with E-state index >= 15 is 0 Å². The average Bonchev–Trinajstić information content (AvgIpc) is 3.00. The summed E-state index contributed by atoms with van der Waals surface area (Å²) < 4.78 is 1.81. The Morgan fingerprint density at radius 1 is 1.37 bits per heavy atom. The summed E-state index contributed by atoms with van der Waals surface area (Å²) in [5, 5.41) is 11.8. The van der Waals surface area contributed by atoms with Crippen LogP contribution in [0.1, 0.15) is 49.2 Å². The maximum absolute atomic E-state index is 12.7. The third kappa shape index (κ3) is 4.68. The summed E-state index contributed by atoms with van der Waals surface area (Å²) >= 11 is 1.36. The average molecular weight is 388 g/mol. The number of primary amides is 1. The topological polar surface area (TPSA) is 103 Å². The van der Waals surface area contributed by atoms with E-state index in [2.05, 4.69) is 27.6 Å². The van der Waals surface area contributed by atoms with Crippen molar-refractivity contribution in [2.75, 3.05) is 0 Å². The number of nitrogens with one attached hydrogen (secondary N) is 1. The molecule has 0 unspecified atom stereocenters. The van der Waals surface area contributed by atoms with Crippen LogP contribution < -0.4 is 11.1 Å². The molecule has 3 rings (SSSR count). The number of benzene rings is 1. The number of nitrogens with two attached hydrogens (primary N) is 1. The second-order valence-electron chi connectivity index (χ2n) is 6.84. The van der Waals surface area contributed by atoms with Gasteiger partial charge >= 0.3 is 0 Å². The maximum Gasteiger partial charge on any atom is 0.233 e. The van der Waals surface area contributed by atoms with Crippen LogP contribution in [0.5, 0.6) is 0 Å². The first kappa shape index (κ1) is 19.4. The number of aryl methyl sites for hydroxylation is 2. The zero-order valence-electron chi connectivity index (χ0n) is 15.6. The van der Waals surface area contributed by atoms with E-state index in [9.17, 15) is 9.59 Å². The normalized spacial score (nSPS) is 17.2. The largest absolute Gasteiger partial charge is 0.370 e. The lowest BCUT2D eigenvalue weighted by atomic mass is 9.88. The molecule has 2 atom stereocenters. The van der Waals surface area contributed by atoms with Crippen LogP contribution in [-0.2, 0) is 29.5 Å². The second-order valence-corrected chi connectivity index (χ2v) is 8.14. The van der Waals surface area contributed by atoms with Gasteiger partial charge in [0.15, 0.2) is 5.16 Å². The van der Waals surface area contributed by atoms with E-state index in [0.717, 1.165) is 19.3 Å². The molecule has 7 nitrogen and oxygen atoms in total. The molecular weight excluding hydrogens is 362 g/mol. The molecule has 8 heteroatoms. The van der Waals surface area contributed by atoms with E-state index in [4.69, 9.17) is 5.73 Å². The van der Waals surface area contributed by atoms with Crippen molar-refractivity contribution < 1.29 is 9.59 Å². The Kier molecular flexibility index (Phi) is 6.15. The van der Waals surface area contributed by atoms with Crippen molar-refractivity contribution in [3.05, 3.63) is 41.2 Å². The predicted molar refractivity (Wildman–Crippen MR) is 104 cm³/mol.